The fourth-order valence-electron chi connectivity index (χ4n) is 1.88. The van der Waals surface area contributed by atoms with Gasteiger partial charge in [-0.15, -0.1) is 0 Å². The maximum atomic E-state index is 12.8. The molecule has 3 nitrogen and oxygen atoms in total. The lowest BCUT2D eigenvalue weighted by atomic mass is 10.1. The van der Waals surface area contributed by atoms with E-state index < -0.39 is 0 Å². The molecule has 4 heteroatoms. The van der Waals surface area contributed by atoms with E-state index in [0.29, 0.717) is 19.6 Å². The predicted octanol–water partition coefficient (Wildman–Crippen LogP) is 2.60. The minimum absolute atomic E-state index is 0.204. The number of esters is 1. The molecule has 0 radical (unpaired) electrons. The molecule has 0 aliphatic rings. The lowest BCUT2D eigenvalue weighted by molar-refractivity contribution is -0.149. The third-order valence-electron chi connectivity index (χ3n) is 2.82. The van der Waals surface area contributed by atoms with E-state index in [0.717, 1.165) is 5.56 Å². The average molecular weight is 253 g/mol. The second-order valence-electron chi connectivity index (χ2n) is 4.22. The van der Waals surface area contributed by atoms with Crippen molar-refractivity contribution in [2.75, 3.05) is 13.7 Å². The van der Waals surface area contributed by atoms with Crippen molar-refractivity contribution in [1.29, 1.82) is 0 Å². The minimum Gasteiger partial charge on any atom is -0.465 e. The van der Waals surface area contributed by atoms with Crippen molar-refractivity contribution in [2.24, 2.45) is 0 Å². The minimum atomic E-state index is -0.255. The van der Waals surface area contributed by atoms with Gasteiger partial charge in [-0.05, 0) is 38.1 Å². The highest BCUT2D eigenvalue weighted by molar-refractivity contribution is 5.75. The first-order valence-corrected chi connectivity index (χ1v) is 6.19. The van der Waals surface area contributed by atoms with Crippen LogP contribution >= 0.6 is 0 Å². The summed E-state index contributed by atoms with van der Waals surface area (Å²) in [5, 5.41) is 0. The Balaban J connectivity index is 2.64. The number of halogens is 1. The molecule has 0 N–H and O–H groups in total. The molecule has 0 aliphatic carbocycles. The summed E-state index contributed by atoms with van der Waals surface area (Å²) in [5.74, 6) is -0.455. The second-order valence-corrected chi connectivity index (χ2v) is 4.22. The van der Waals surface area contributed by atoms with Crippen LogP contribution in [0.1, 0.15) is 25.8 Å². The standard InChI is InChI=1S/C14H20FNO2/c1-4-13(14(17)18-5-2)16(3)10-11-6-8-12(15)9-7-11/h6-9,13H,4-5,10H2,1-3H3. The van der Waals surface area contributed by atoms with Gasteiger partial charge in [-0.1, -0.05) is 19.1 Å². The van der Waals surface area contributed by atoms with Gasteiger partial charge in [0.15, 0.2) is 0 Å². The van der Waals surface area contributed by atoms with Crippen molar-refractivity contribution in [3.8, 4) is 0 Å². The normalized spacial score (nSPS) is 12.5. The van der Waals surface area contributed by atoms with Gasteiger partial charge in [-0.25, -0.2) is 4.39 Å². The Labute approximate surface area is 108 Å². The van der Waals surface area contributed by atoms with Crippen LogP contribution in [0, 0.1) is 5.82 Å². The number of hydrogen-bond donors (Lipinski definition) is 0. The van der Waals surface area contributed by atoms with Gasteiger partial charge in [0.2, 0.25) is 0 Å². The molecule has 0 saturated carbocycles. The molecule has 100 valence electrons. The first-order chi connectivity index (χ1) is 8.58. The zero-order valence-electron chi connectivity index (χ0n) is 11.1. The van der Waals surface area contributed by atoms with Crippen molar-refractivity contribution in [3.63, 3.8) is 0 Å². The molecule has 0 saturated heterocycles. The summed E-state index contributed by atoms with van der Waals surface area (Å²) in [6, 6.07) is 6.05. The molecule has 0 heterocycles. The van der Waals surface area contributed by atoms with E-state index in [1.807, 2.05) is 18.9 Å². The largest absolute Gasteiger partial charge is 0.465 e. The van der Waals surface area contributed by atoms with Crippen LogP contribution in [0.3, 0.4) is 0 Å². The SMILES string of the molecule is CCOC(=O)C(CC)N(C)Cc1ccc(F)cc1. The molecule has 18 heavy (non-hydrogen) atoms. The van der Waals surface area contributed by atoms with Crippen molar-refractivity contribution in [2.45, 2.75) is 32.9 Å². The number of ether oxygens (including phenoxy) is 1. The lowest BCUT2D eigenvalue weighted by Crippen LogP contribution is -2.38. The van der Waals surface area contributed by atoms with E-state index in [1.54, 1.807) is 19.1 Å². The van der Waals surface area contributed by atoms with Gasteiger partial charge in [-0.3, -0.25) is 9.69 Å². The highest BCUT2D eigenvalue weighted by atomic mass is 19.1. The molecule has 1 atom stereocenters. The van der Waals surface area contributed by atoms with Crippen LogP contribution < -0.4 is 0 Å². The molecule has 1 aromatic rings. The maximum absolute atomic E-state index is 12.8. The second kappa shape index (κ2) is 7.11. The number of likely N-dealkylation sites (N-methyl/N-ethyl adjacent to an activating group) is 1. The van der Waals surface area contributed by atoms with Crippen molar-refractivity contribution < 1.29 is 13.9 Å². The van der Waals surface area contributed by atoms with E-state index >= 15 is 0 Å². The van der Waals surface area contributed by atoms with E-state index in [2.05, 4.69) is 0 Å². The predicted molar refractivity (Wildman–Crippen MR) is 68.6 cm³/mol. The van der Waals surface area contributed by atoms with E-state index in [-0.39, 0.29) is 17.8 Å². The van der Waals surface area contributed by atoms with Crippen LogP contribution in [-0.2, 0) is 16.1 Å². The average Bonchev–Trinajstić information content (AvgIpc) is 2.33. The first kappa shape index (κ1) is 14.6. The first-order valence-electron chi connectivity index (χ1n) is 6.19. The number of benzene rings is 1. The van der Waals surface area contributed by atoms with Crippen LogP contribution in [0.4, 0.5) is 4.39 Å². The monoisotopic (exact) mass is 253 g/mol. The van der Waals surface area contributed by atoms with Gasteiger partial charge in [0.25, 0.3) is 0 Å². The summed E-state index contributed by atoms with van der Waals surface area (Å²) >= 11 is 0. The molecule has 0 aromatic heterocycles. The summed E-state index contributed by atoms with van der Waals surface area (Å²) in [6.07, 6.45) is 0.691. The van der Waals surface area contributed by atoms with Crippen LogP contribution in [-0.4, -0.2) is 30.6 Å². The highest BCUT2D eigenvalue weighted by Gasteiger charge is 2.22. The molecule has 0 amide bonds. The van der Waals surface area contributed by atoms with Gasteiger partial charge in [0, 0.05) is 6.54 Å². The van der Waals surface area contributed by atoms with E-state index in [1.165, 1.54) is 12.1 Å². The molecular formula is C14H20FNO2. The number of hydrogen-bond acceptors (Lipinski definition) is 3. The molecule has 0 spiro atoms. The summed E-state index contributed by atoms with van der Waals surface area (Å²) < 4.78 is 17.8. The van der Waals surface area contributed by atoms with Crippen molar-refractivity contribution >= 4 is 5.97 Å². The number of carbonyl (C=O) groups excluding carboxylic acids is 1. The summed E-state index contributed by atoms with van der Waals surface area (Å²) in [5.41, 5.74) is 0.974. The molecule has 1 unspecified atom stereocenters. The Morgan fingerprint density at radius 2 is 1.94 bits per heavy atom. The van der Waals surface area contributed by atoms with Crippen molar-refractivity contribution in [1.82, 2.24) is 4.90 Å². The third kappa shape index (κ3) is 4.11. The molecule has 1 aromatic carbocycles. The van der Waals surface area contributed by atoms with Gasteiger partial charge in [-0.2, -0.15) is 0 Å². The Hall–Kier alpha value is -1.42. The topological polar surface area (TPSA) is 29.5 Å². The summed E-state index contributed by atoms with van der Waals surface area (Å²) in [6.45, 7) is 4.73. The highest BCUT2D eigenvalue weighted by Crippen LogP contribution is 2.11. The molecule has 1 rings (SSSR count). The summed E-state index contributed by atoms with van der Waals surface area (Å²) in [4.78, 5) is 13.7. The maximum Gasteiger partial charge on any atom is 0.323 e. The Bertz CT molecular complexity index is 378. The Morgan fingerprint density at radius 3 is 2.44 bits per heavy atom. The third-order valence-corrected chi connectivity index (χ3v) is 2.82. The van der Waals surface area contributed by atoms with E-state index in [4.69, 9.17) is 4.74 Å². The smallest absolute Gasteiger partial charge is 0.323 e. The van der Waals surface area contributed by atoms with Crippen molar-refractivity contribution in [3.05, 3.63) is 35.6 Å². The van der Waals surface area contributed by atoms with Crippen LogP contribution in [0.5, 0.6) is 0 Å². The van der Waals surface area contributed by atoms with Gasteiger partial charge >= 0.3 is 5.97 Å². The van der Waals surface area contributed by atoms with Crippen LogP contribution in [0.25, 0.3) is 0 Å². The summed E-state index contributed by atoms with van der Waals surface area (Å²) in [7, 11) is 1.87. The molecular weight excluding hydrogens is 233 g/mol. The number of carbonyl (C=O) groups is 1. The number of nitrogens with zero attached hydrogens (tertiary/aromatic N) is 1. The zero-order chi connectivity index (χ0) is 13.5. The molecule has 0 bridgehead atoms. The number of rotatable bonds is 6. The molecule has 0 fully saturated rings. The fraction of sp³-hybridized carbons (Fsp3) is 0.500. The molecule has 0 aliphatic heterocycles. The van der Waals surface area contributed by atoms with Gasteiger partial charge in [0.05, 0.1) is 6.61 Å². The Kier molecular flexibility index (Phi) is 5.78. The van der Waals surface area contributed by atoms with Gasteiger partial charge in [0.1, 0.15) is 11.9 Å². The van der Waals surface area contributed by atoms with E-state index in [9.17, 15) is 9.18 Å². The van der Waals surface area contributed by atoms with Crippen LogP contribution in [0.15, 0.2) is 24.3 Å². The Morgan fingerprint density at radius 1 is 1.33 bits per heavy atom. The van der Waals surface area contributed by atoms with Gasteiger partial charge < -0.3 is 4.74 Å². The fourth-order valence-corrected chi connectivity index (χ4v) is 1.88. The lowest BCUT2D eigenvalue weighted by Gasteiger charge is -2.25. The quantitative estimate of drug-likeness (QED) is 0.730. The van der Waals surface area contributed by atoms with Crippen LogP contribution in [0.2, 0.25) is 0 Å². The zero-order valence-corrected chi connectivity index (χ0v) is 11.1.